The van der Waals surface area contributed by atoms with Crippen molar-refractivity contribution in [2.24, 2.45) is 0 Å². The highest BCUT2D eigenvalue weighted by Gasteiger charge is 2.20. The Bertz CT molecular complexity index is 760. The zero-order chi connectivity index (χ0) is 19.3. The second kappa shape index (κ2) is 8.51. The summed E-state index contributed by atoms with van der Waals surface area (Å²) in [6, 6.07) is 12.0. The van der Waals surface area contributed by atoms with Crippen LogP contribution < -0.4 is 10.6 Å². The zero-order valence-corrected chi connectivity index (χ0v) is 16.6. The number of hydrogen-bond acceptors (Lipinski definition) is 4. The average Bonchev–Trinajstić information content (AvgIpc) is 2.89. The first-order chi connectivity index (χ1) is 12.9. The lowest BCUT2D eigenvalue weighted by Crippen LogP contribution is -2.41. The van der Waals surface area contributed by atoms with Crippen LogP contribution in [0, 0.1) is 0 Å². The molecule has 0 radical (unpaired) electrons. The van der Waals surface area contributed by atoms with Gasteiger partial charge in [-0.3, -0.25) is 4.79 Å². The van der Waals surface area contributed by atoms with E-state index in [0.717, 1.165) is 24.2 Å². The molecule has 0 unspecified atom stereocenters. The van der Waals surface area contributed by atoms with Crippen LogP contribution in [0.4, 0.5) is 5.82 Å². The van der Waals surface area contributed by atoms with Crippen molar-refractivity contribution in [2.45, 2.75) is 70.9 Å². The summed E-state index contributed by atoms with van der Waals surface area (Å²) in [7, 11) is 0. The fraction of sp³-hybridized carbons (Fsp3) is 0.500. The van der Waals surface area contributed by atoms with E-state index in [9.17, 15) is 4.79 Å². The highest BCUT2D eigenvalue weighted by Crippen LogP contribution is 2.23. The second-order valence-electron chi connectivity index (χ2n) is 8.37. The molecule has 0 saturated heterocycles. The van der Waals surface area contributed by atoms with E-state index in [1.807, 2.05) is 51.1 Å². The first kappa shape index (κ1) is 19.3. The highest BCUT2D eigenvalue weighted by atomic mass is 16.2. The molecular weight excluding hydrogens is 336 g/mol. The molecule has 144 valence electrons. The van der Waals surface area contributed by atoms with Crippen molar-refractivity contribution in [1.29, 1.82) is 0 Å². The molecule has 3 rings (SSSR count). The van der Waals surface area contributed by atoms with E-state index in [2.05, 4.69) is 15.6 Å². The standard InChI is InChI=1S/C22H30N4O/c1-22(2,3)26-21(27)18-15-19(23-17-13-9-4-5-10-14-17)25-20(24-18)16-11-7-6-8-12-16/h6-8,11-12,15,17H,4-5,9-10,13-14H2,1-3H3,(H,26,27)(H,23,24,25). The maximum absolute atomic E-state index is 12.7. The molecule has 1 aliphatic rings. The van der Waals surface area contributed by atoms with Crippen molar-refractivity contribution in [3.8, 4) is 11.4 Å². The SMILES string of the molecule is CC(C)(C)NC(=O)c1cc(NC2CCCCCC2)nc(-c2ccccc2)n1. The number of anilines is 1. The monoisotopic (exact) mass is 366 g/mol. The second-order valence-corrected chi connectivity index (χ2v) is 8.37. The Labute approximate surface area is 162 Å². The van der Waals surface area contributed by atoms with Gasteiger partial charge in [0.2, 0.25) is 0 Å². The summed E-state index contributed by atoms with van der Waals surface area (Å²) >= 11 is 0. The van der Waals surface area contributed by atoms with Gasteiger partial charge in [0, 0.05) is 23.2 Å². The summed E-state index contributed by atoms with van der Waals surface area (Å²) in [6.45, 7) is 5.90. The predicted octanol–water partition coefficient (Wildman–Crippen LogP) is 4.81. The fourth-order valence-corrected chi connectivity index (χ4v) is 3.39. The molecule has 0 bridgehead atoms. The summed E-state index contributed by atoms with van der Waals surface area (Å²) < 4.78 is 0. The van der Waals surface area contributed by atoms with Gasteiger partial charge in [-0.2, -0.15) is 0 Å². The molecule has 1 fully saturated rings. The quantitative estimate of drug-likeness (QED) is 0.762. The van der Waals surface area contributed by atoms with Crippen LogP contribution in [0.1, 0.15) is 69.8 Å². The molecule has 1 amide bonds. The number of carbonyl (C=O) groups is 1. The first-order valence-corrected chi connectivity index (χ1v) is 9.94. The molecule has 1 heterocycles. The molecule has 0 aliphatic heterocycles. The summed E-state index contributed by atoms with van der Waals surface area (Å²) in [5.74, 6) is 1.13. The lowest BCUT2D eigenvalue weighted by Gasteiger charge is -2.21. The Balaban J connectivity index is 1.91. The molecule has 27 heavy (non-hydrogen) atoms. The van der Waals surface area contributed by atoms with E-state index >= 15 is 0 Å². The number of nitrogens with zero attached hydrogens (tertiary/aromatic N) is 2. The molecule has 1 aromatic heterocycles. The predicted molar refractivity (Wildman–Crippen MR) is 110 cm³/mol. The van der Waals surface area contributed by atoms with Crippen LogP contribution in [0.5, 0.6) is 0 Å². The number of nitrogens with one attached hydrogen (secondary N) is 2. The van der Waals surface area contributed by atoms with E-state index in [0.29, 0.717) is 17.6 Å². The molecule has 0 atom stereocenters. The van der Waals surface area contributed by atoms with Gasteiger partial charge in [-0.25, -0.2) is 9.97 Å². The third-order valence-corrected chi connectivity index (χ3v) is 4.69. The van der Waals surface area contributed by atoms with E-state index in [1.54, 1.807) is 6.07 Å². The summed E-state index contributed by atoms with van der Waals surface area (Å²) in [6.07, 6.45) is 7.38. The van der Waals surface area contributed by atoms with Crippen LogP contribution in [0.25, 0.3) is 11.4 Å². The fourth-order valence-electron chi connectivity index (χ4n) is 3.39. The minimum absolute atomic E-state index is 0.175. The molecule has 1 saturated carbocycles. The lowest BCUT2D eigenvalue weighted by atomic mass is 10.1. The number of hydrogen-bond donors (Lipinski definition) is 2. The number of rotatable bonds is 4. The third-order valence-electron chi connectivity index (χ3n) is 4.69. The lowest BCUT2D eigenvalue weighted by molar-refractivity contribution is 0.0914. The maximum Gasteiger partial charge on any atom is 0.270 e. The van der Waals surface area contributed by atoms with Gasteiger partial charge in [0.25, 0.3) is 5.91 Å². The van der Waals surface area contributed by atoms with Gasteiger partial charge in [-0.05, 0) is 33.6 Å². The summed E-state index contributed by atoms with van der Waals surface area (Å²) in [5, 5.41) is 6.56. The van der Waals surface area contributed by atoms with Gasteiger partial charge in [0.15, 0.2) is 5.82 Å². The normalized spacial score (nSPS) is 15.8. The van der Waals surface area contributed by atoms with Gasteiger partial charge < -0.3 is 10.6 Å². The van der Waals surface area contributed by atoms with Gasteiger partial charge in [-0.15, -0.1) is 0 Å². The first-order valence-electron chi connectivity index (χ1n) is 9.94. The summed E-state index contributed by atoms with van der Waals surface area (Å²) in [4.78, 5) is 22.0. The number of aromatic nitrogens is 2. The average molecular weight is 367 g/mol. The van der Waals surface area contributed by atoms with Crippen LogP contribution in [-0.2, 0) is 0 Å². The molecule has 0 spiro atoms. The van der Waals surface area contributed by atoms with E-state index in [4.69, 9.17) is 4.98 Å². The summed E-state index contributed by atoms with van der Waals surface area (Å²) in [5.41, 5.74) is 0.992. The van der Waals surface area contributed by atoms with Gasteiger partial charge in [0.1, 0.15) is 11.5 Å². The van der Waals surface area contributed by atoms with E-state index in [1.165, 1.54) is 25.7 Å². The molecule has 5 nitrogen and oxygen atoms in total. The Morgan fingerprint density at radius 1 is 1.00 bits per heavy atom. The van der Waals surface area contributed by atoms with Crippen molar-refractivity contribution in [3.05, 3.63) is 42.1 Å². The van der Waals surface area contributed by atoms with Crippen LogP contribution in [0.2, 0.25) is 0 Å². The molecular formula is C22H30N4O. The molecule has 1 aliphatic carbocycles. The Kier molecular flexibility index (Phi) is 6.09. The molecule has 2 aromatic rings. The van der Waals surface area contributed by atoms with Crippen LogP contribution >= 0.6 is 0 Å². The minimum Gasteiger partial charge on any atom is -0.367 e. The topological polar surface area (TPSA) is 66.9 Å². The van der Waals surface area contributed by atoms with Gasteiger partial charge in [-0.1, -0.05) is 56.0 Å². The van der Waals surface area contributed by atoms with E-state index < -0.39 is 0 Å². The van der Waals surface area contributed by atoms with Crippen molar-refractivity contribution >= 4 is 11.7 Å². The van der Waals surface area contributed by atoms with Gasteiger partial charge in [0.05, 0.1) is 0 Å². The number of benzene rings is 1. The van der Waals surface area contributed by atoms with Crippen LogP contribution in [-0.4, -0.2) is 27.5 Å². The number of amides is 1. The maximum atomic E-state index is 12.7. The Morgan fingerprint density at radius 3 is 2.30 bits per heavy atom. The van der Waals surface area contributed by atoms with Gasteiger partial charge >= 0.3 is 0 Å². The third kappa shape index (κ3) is 5.78. The van der Waals surface area contributed by atoms with Crippen molar-refractivity contribution < 1.29 is 4.79 Å². The molecule has 5 heteroatoms. The smallest absolute Gasteiger partial charge is 0.270 e. The van der Waals surface area contributed by atoms with Crippen molar-refractivity contribution in [2.75, 3.05) is 5.32 Å². The number of carbonyl (C=O) groups excluding carboxylic acids is 1. The van der Waals surface area contributed by atoms with Crippen LogP contribution in [0.3, 0.4) is 0 Å². The Morgan fingerprint density at radius 2 is 1.67 bits per heavy atom. The minimum atomic E-state index is -0.316. The zero-order valence-electron chi connectivity index (χ0n) is 16.6. The molecule has 2 N–H and O–H groups in total. The van der Waals surface area contributed by atoms with Crippen molar-refractivity contribution in [3.63, 3.8) is 0 Å². The molecule has 1 aromatic carbocycles. The Hall–Kier alpha value is -2.43. The largest absolute Gasteiger partial charge is 0.367 e. The van der Waals surface area contributed by atoms with Crippen molar-refractivity contribution in [1.82, 2.24) is 15.3 Å². The highest BCUT2D eigenvalue weighted by molar-refractivity contribution is 5.93. The van der Waals surface area contributed by atoms with Crippen LogP contribution in [0.15, 0.2) is 36.4 Å². The van der Waals surface area contributed by atoms with E-state index in [-0.39, 0.29) is 11.4 Å².